The van der Waals surface area contributed by atoms with Gasteiger partial charge in [0.2, 0.25) is 0 Å². The number of likely N-dealkylation sites (N-methyl/N-ethyl adjacent to an activating group) is 1. The van der Waals surface area contributed by atoms with E-state index in [1.54, 1.807) is 0 Å². The van der Waals surface area contributed by atoms with E-state index in [2.05, 4.69) is 107 Å². The lowest BCUT2D eigenvalue weighted by atomic mass is 10.0. The minimum absolute atomic E-state index is 0.940. The minimum Gasteiger partial charge on any atom is -0.360 e. The molecule has 149 valence electrons. The van der Waals surface area contributed by atoms with Gasteiger partial charge in [-0.15, -0.1) is 0 Å². The van der Waals surface area contributed by atoms with Crippen LogP contribution in [0.25, 0.3) is 11.1 Å². The van der Waals surface area contributed by atoms with Crippen LogP contribution >= 0.6 is 0 Å². The van der Waals surface area contributed by atoms with Gasteiger partial charge in [-0.25, -0.2) is 0 Å². The third kappa shape index (κ3) is 5.17. The van der Waals surface area contributed by atoms with Crippen LogP contribution in [0, 0.1) is 6.67 Å². The molecule has 0 aromatic heterocycles. The molecule has 29 heavy (non-hydrogen) atoms. The van der Waals surface area contributed by atoms with Crippen molar-refractivity contribution in [2.75, 3.05) is 37.8 Å². The van der Waals surface area contributed by atoms with Gasteiger partial charge in [0, 0.05) is 26.2 Å². The van der Waals surface area contributed by atoms with E-state index in [4.69, 9.17) is 0 Å². The SMILES string of the molecule is CN(C)CCN(Cc1ccccc1)Cc1cccc(-c2ccc3c(c2)N[CH]N3)c1. The van der Waals surface area contributed by atoms with Gasteiger partial charge in [-0.2, -0.15) is 0 Å². The van der Waals surface area contributed by atoms with Crippen molar-refractivity contribution in [3.05, 3.63) is 90.6 Å². The second-order valence-corrected chi connectivity index (χ2v) is 7.89. The fraction of sp³-hybridized carbons (Fsp3) is 0.240. The Morgan fingerprint density at radius 3 is 2.21 bits per heavy atom. The molecule has 1 aliphatic heterocycles. The molecule has 0 amide bonds. The first-order chi connectivity index (χ1) is 14.2. The Kier molecular flexibility index (Phi) is 6.13. The molecule has 1 heterocycles. The topological polar surface area (TPSA) is 30.5 Å². The average molecular weight is 386 g/mol. The van der Waals surface area contributed by atoms with Crippen LogP contribution in [-0.4, -0.2) is 37.0 Å². The Morgan fingerprint density at radius 2 is 1.38 bits per heavy atom. The molecule has 0 spiro atoms. The second kappa shape index (κ2) is 9.12. The lowest BCUT2D eigenvalue weighted by Crippen LogP contribution is -2.31. The second-order valence-electron chi connectivity index (χ2n) is 7.89. The summed E-state index contributed by atoms with van der Waals surface area (Å²) in [7, 11) is 4.27. The van der Waals surface area contributed by atoms with Crippen molar-refractivity contribution < 1.29 is 0 Å². The van der Waals surface area contributed by atoms with Crippen molar-refractivity contribution in [3.63, 3.8) is 0 Å². The summed E-state index contributed by atoms with van der Waals surface area (Å²) in [6.45, 7) is 5.86. The standard InChI is InChI=1S/C25H29N4/c1-28(2)13-14-29(17-20-7-4-3-5-8-20)18-21-9-6-10-22(15-21)23-11-12-24-25(16-23)27-19-26-24/h3-12,15-16,19,26-27H,13-14,17-18H2,1-2H3. The first-order valence-electron chi connectivity index (χ1n) is 10.2. The summed E-state index contributed by atoms with van der Waals surface area (Å²) in [6, 6.07) is 26.2. The zero-order valence-corrected chi connectivity index (χ0v) is 17.2. The lowest BCUT2D eigenvalue weighted by Gasteiger charge is -2.24. The molecule has 3 aromatic rings. The van der Waals surface area contributed by atoms with Crippen molar-refractivity contribution in [2.45, 2.75) is 13.1 Å². The molecule has 0 unspecified atom stereocenters. The minimum atomic E-state index is 0.940. The van der Waals surface area contributed by atoms with Crippen LogP contribution in [0.4, 0.5) is 11.4 Å². The molecule has 0 aliphatic carbocycles. The number of nitrogens with one attached hydrogen (secondary N) is 2. The predicted octanol–water partition coefficient (Wildman–Crippen LogP) is 4.87. The van der Waals surface area contributed by atoms with Crippen LogP contribution in [0.1, 0.15) is 11.1 Å². The van der Waals surface area contributed by atoms with Gasteiger partial charge in [0.1, 0.15) is 6.67 Å². The van der Waals surface area contributed by atoms with Crippen LogP contribution in [-0.2, 0) is 13.1 Å². The molecule has 4 nitrogen and oxygen atoms in total. The van der Waals surface area contributed by atoms with E-state index >= 15 is 0 Å². The summed E-state index contributed by atoms with van der Waals surface area (Å²) in [6.07, 6.45) is 0. The zero-order valence-electron chi connectivity index (χ0n) is 17.2. The van der Waals surface area contributed by atoms with Crippen molar-refractivity contribution >= 4 is 11.4 Å². The molecule has 1 aliphatic rings. The van der Waals surface area contributed by atoms with E-state index in [0.29, 0.717) is 0 Å². The Bertz CT molecular complexity index is 937. The molecule has 1 radical (unpaired) electrons. The molecule has 0 saturated carbocycles. The highest BCUT2D eigenvalue weighted by Gasteiger charge is 2.12. The van der Waals surface area contributed by atoms with Gasteiger partial charge in [0.15, 0.2) is 0 Å². The normalized spacial score (nSPS) is 12.7. The smallest absolute Gasteiger partial charge is 0.136 e. The van der Waals surface area contributed by atoms with E-state index in [9.17, 15) is 0 Å². The van der Waals surface area contributed by atoms with Crippen LogP contribution in [0.3, 0.4) is 0 Å². The summed E-state index contributed by atoms with van der Waals surface area (Å²) in [4.78, 5) is 4.77. The molecule has 4 heteroatoms. The maximum absolute atomic E-state index is 3.26. The van der Waals surface area contributed by atoms with Crippen LogP contribution in [0.2, 0.25) is 0 Å². The van der Waals surface area contributed by atoms with E-state index in [-0.39, 0.29) is 0 Å². The van der Waals surface area contributed by atoms with Crippen molar-refractivity contribution in [1.29, 1.82) is 0 Å². The summed E-state index contributed by atoms with van der Waals surface area (Å²) in [5.41, 5.74) is 7.45. The molecule has 2 N–H and O–H groups in total. The molecule has 0 bridgehead atoms. The first-order valence-corrected chi connectivity index (χ1v) is 10.2. The monoisotopic (exact) mass is 385 g/mol. The van der Waals surface area contributed by atoms with Crippen LogP contribution in [0.15, 0.2) is 72.8 Å². The maximum atomic E-state index is 3.26. The molecular formula is C25H29N4. The molecule has 0 saturated heterocycles. The summed E-state index contributed by atoms with van der Waals surface area (Å²) in [5, 5.41) is 6.48. The Morgan fingerprint density at radius 1 is 0.655 bits per heavy atom. The maximum Gasteiger partial charge on any atom is 0.136 e. The Balaban J connectivity index is 1.52. The number of benzene rings is 3. The predicted molar refractivity (Wildman–Crippen MR) is 123 cm³/mol. The quantitative estimate of drug-likeness (QED) is 0.579. The van der Waals surface area contributed by atoms with E-state index in [0.717, 1.165) is 37.6 Å². The highest BCUT2D eigenvalue weighted by molar-refractivity contribution is 5.81. The van der Waals surface area contributed by atoms with Crippen molar-refractivity contribution in [3.8, 4) is 11.1 Å². The fourth-order valence-electron chi connectivity index (χ4n) is 3.67. The summed E-state index contributed by atoms with van der Waals surface area (Å²) >= 11 is 0. The first kappa shape index (κ1) is 19.5. The number of nitrogens with zero attached hydrogens (tertiary/aromatic N) is 2. The van der Waals surface area contributed by atoms with Gasteiger partial charge in [0.25, 0.3) is 0 Å². The van der Waals surface area contributed by atoms with Crippen LogP contribution < -0.4 is 10.6 Å². The molecule has 0 atom stereocenters. The highest BCUT2D eigenvalue weighted by atomic mass is 15.2. The number of anilines is 2. The van der Waals surface area contributed by atoms with Gasteiger partial charge < -0.3 is 15.5 Å². The zero-order chi connectivity index (χ0) is 20.1. The third-order valence-electron chi connectivity index (χ3n) is 5.25. The van der Waals surface area contributed by atoms with E-state index in [1.807, 2.05) is 6.67 Å². The van der Waals surface area contributed by atoms with Crippen molar-refractivity contribution in [1.82, 2.24) is 9.80 Å². The molecular weight excluding hydrogens is 356 g/mol. The average Bonchev–Trinajstić information content (AvgIpc) is 3.21. The third-order valence-corrected chi connectivity index (χ3v) is 5.25. The number of hydrogen-bond acceptors (Lipinski definition) is 4. The van der Waals surface area contributed by atoms with E-state index < -0.39 is 0 Å². The number of hydrogen-bond donors (Lipinski definition) is 2. The molecule has 0 fully saturated rings. The van der Waals surface area contributed by atoms with E-state index in [1.165, 1.54) is 22.3 Å². The van der Waals surface area contributed by atoms with Crippen molar-refractivity contribution in [2.24, 2.45) is 0 Å². The Labute approximate surface area is 174 Å². The van der Waals surface area contributed by atoms with Gasteiger partial charge in [0.05, 0.1) is 11.4 Å². The van der Waals surface area contributed by atoms with Gasteiger partial charge in [-0.3, -0.25) is 4.90 Å². The van der Waals surface area contributed by atoms with Gasteiger partial charge in [-0.1, -0.05) is 54.6 Å². The number of rotatable bonds is 8. The largest absolute Gasteiger partial charge is 0.360 e. The van der Waals surface area contributed by atoms with Crippen LogP contribution in [0.5, 0.6) is 0 Å². The highest BCUT2D eigenvalue weighted by Crippen LogP contribution is 2.32. The molecule has 3 aromatic carbocycles. The summed E-state index contributed by atoms with van der Waals surface area (Å²) in [5.74, 6) is 0. The Hall–Kier alpha value is -2.82. The van der Waals surface area contributed by atoms with Gasteiger partial charge in [-0.05, 0) is 54.5 Å². The fourth-order valence-corrected chi connectivity index (χ4v) is 3.67. The number of fused-ring (bicyclic) bond motifs is 1. The van der Waals surface area contributed by atoms with Gasteiger partial charge >= 0.3 is 0 Å². The summed E-state index contributed by atoms with van der Waals surface area (Å²) < 4.78 is 0. The lowest BCUT2D eigenvalue weighted by molar-refractivity contribution is 0.226. The molecule has 4 rings (SSSR count).